The maximum Gasteiger partial charge on any atom is 0.0888 e. The van der Waals surface area contributed by atoms with Crippen molar-refractivity contribution < 1.29 is 4.74 Å². The zero-order valence-corrected chi connectivity index (χ0v) is 11.5. The minimum absolute atomic E-state index is 0.0590. The van der Waals surface area contributed by atoms with Gasteiger partial charge in [0.1, 0.15) is 0 Å². The van der Waals surface area contributed by atoms with Gasteiger partial charge in [-0.2, -0.15) is 0 Å². The van der Waals surface area contributed by atoms with Gasteiger partial charge in [0.25, 0.3) is 0 Å². The average Bonchev–Trinajstić information content (AvgIpc) is 2.74. The summed E-state index contributed by atoms with van der Waals surface area (Å²) in [5.41, 5.74) is 6.18. The molecule has 2 rings (SSSR count). The summed E-state index contributed by atoms with van der Waals surface area (Å²) in [4.78, 5) is 1.09. The second-order valence-corrected chi connectivity index (χ2v) is 6.71. The van der Waals surface area contributed by atoms with E-state index < -0.39 is 0 Å². The van der Waals surface area contributed by atoms with E-state index in [1.165, 1.54) is 0 Å². The Morgan fingerprint density at radius 2 is 2.47 bits per heavy atom. The smallest absolute Gasteiger partial charge is 0.0888 e. The number of rotatable bonds is 2. The minimum Gasteiger partial charge on any atom is -0.376 e. The predicted molar refractivity (Wildman–Crippen MR) is 67.5 cm³/mol. The van der Waals surface area contributed by atoms with E-state index in [0.717, 1.165) is 26.7 Å². The molecule has 2 nitrogen and oxygen atoms in total. The largest absolute Gasteiger partial charge is 0.376 e. The maximum atomic E-state index is 6.18. The Morgan fingerprint density at radius 3 is 2.93 bits per heavy atom. The van der Waals surface area contributed by atoms with Crippen LogP contribution in [-0.2, 0) is 4.74 Å². The molecule has 15 heavy (non-hydrogen) atoms. The van der Waals surface area contributed by atoms with Crippen LogP contribution in [0, 0.1) is 5.92 Å². The molecular formula is C10H13BrClNOS. The van der Waals surface area contributed by atoms with Crippen molar-refractivity contribution >= 4 is 38.9 Å². The predicted octanol–water partition coefficient (Wildman–Crippen LogP) is 3.59. The Labute approximate surface area is 107 Å². The molecule has 1 aliphatic heterocycles. The fourth-order valence-corrected chi connectivity index (χ4v) is 3.65. The summed E-state index contributed by atoms with van der Waals surface area (Å²) in [7, 11) is 0. The Kier molecular flexibility index (Phi) is 3.73. The highest BCUT2D eigenvalue weighted by Crippen LogP contribution is 2.38. The number of thiophene rings is 1. The number of halogens is 2. The first-order valence-corrected chi connectivity index (χ1v) is 6.90. The van der Waals surface area contributed by atoms with Crippen LogP contribution in [-0.4, -0.2) is 12.7 Å². The average molecular weight is 311 g/mol. The Morgan fingerprint density at radius 1 is 1.73 bits per heavy atom. The summed E-state index contributed by atoms with van der Waals surface area (Å²) < 4.78 is 6.60. The molecule has 0 bridgehead atoms. The van der Waals surface area contributed by atoms with Crippen LogP contribution in [0.5, 0.6) is 0 Å². The van der Waals surface area contributed by atoms with Crippen molar-refractivity contribution in [3.63, 3.8) is 0 Å². The van der Waals surface area contributed by atoms with E-state index in [4.69, 9.17) is 22.1 Å². The first kappa shape index (κ1) is 11.9. The standard InChI is InChI=1S/C10H13BrClNOS/c1-5-2-3-14-9(5)8(13)7-4-6(12)10(11)15-7/h4-5,8-9H,2-3,13H2,1H3. The fourth-order valence-electron chi connectivity index (χ4n) is 1.87. The molecule has 1 fully saturated rings. The minimum atomic E-state index is -0.0590. The normalized spacial score (nSPS) is 28.3. The summed E-state index contributed by atoms with van der Waals surface area (Å²) in [6.07, 6.45) is 1.23. The van der Waals surface area contributed by atoms with Crippen molar-refractivity contribution in [1.82, 2.24) is 0 Å². The lowest BCUT2D eigenvalue weighted by atomic mass is 9.97. The Bertz CT molecular complexity index is 338. The molecule has 0 saturated carbocycles. The molecule has 2 N–H and O–H groups in total. The third-order valence-electron chi connectivity index (χ3n) is 2.79. The highest BCUT2D eigenvalue weighted by atomic mass is 79.9. The van der Waals surface area contributed by atoms with Gasteiger partial charge in [-0.25, -0.2) is 0 Å². The van der Waals surface area contributed by atoms with Crippen LogP contribution in [0.4, 0.5) is 0 Å². The summed E-state index contributed by atoms with van der Waals surface area (Å²) in [6.45, 7) is 3.00. The van der Waals surface area contributed by atoms with Crippen molar-refractivity contribution in [3.8, 4) is 0 Å². The molecule has 84 valence electrons. The molecule has 1 saturated heterocycles. The molecule has 3 atom stereocenters. The second kappa shape index (κ2) is 4.72. The zero-order chi connectivity index (χ0) is 11.0. The monoisotopic (exact) mass is 309 g/mol. The summed E-state index contributed by atoms with van der Waals surface area (Å²) in [5, 5.41) is 0.733. The van der Waals surface area contributed by atoms with Crippen molar-refractivity contribution in [2.24, 2.45) is 11.7 Å². The first-order valence-electron chi connectivity index (χ1n) is 4.91. The van der Waals surface area contributed by atoms with Crippen LogP contribution in [0.3, 0.4) is 0 Å². The number of nitrogens with two attached hydrogens (primary N) is 1. The first-order chi connectivity index (χ1) is 7.09. The SMILES string of the molecule is CC1CCOC1C(N)c1cc(Cl)c(Br)s1. The van der Waals surface area contributed by atoms with E-state index in [-0.39, 0.29) is 12.1 Å². The van der Waals surface area contributed by atoms with Gasteiger partial charge in [-0.05, 0) is 34.3 Å². The fraction of sp³-hybridized carbons (Fsp3) is 0.600. The van der Waals surface area contributed by atoms with Crippen molar-refractivity contribution in [1.29, 1.82) is 0 Å². The lowest BCUT2D eigenvalue weighted by molar-refractivity contribution is 0.0734. The van der Waals surface area contributed by atoms with E-state index in [1.54, 1.807) is 11.3 Å². The molecule has 0 amide bonds. The van der Waals surface area contributed by atoms with Gasteiger partial charge in [0.15, 0.2) is 0 Å². The third kappa shape index (κ3) is 2.39. The molecule has 2 heterocycles. The highest BCUT2D eigenvalue weighted by Gasteiger charge is 2.31. The van der Waals surface area contributed by atoms with Crippen LogP contribution in [0.25, 0.3) is 0 Å². The third-order valence-corrected chi connectivity index (χ3v) is 5.37. The molecular weight excluding hydrogens is 298 g/mol. The Balaban J connectivity index is 2.16. The van der Waals surface area contributed by atoms with E-state index in [1.807, 2.05) is 6.07 Å². The molecule has 3 unspecified atom stereocenters. The lowest BCUT2D eigenvalue weighted by Gasteiger charge is -2.21. The van der Waals surface area contributed by atoms with Gasteiger partial charge in [0.2, 0.25) is 0 Å². The summed E-state index contributed by atoms with van der Waals surface area (Å²) in [6, 6.07) is 1.87. The number of ether oxygens (including phenoxy) is 1. The molecule has 0 aliphatic carbocycles. The molecule has 1 aromatic rings. The maximum absolute atomic E-state index is 6.18. The van der Waals surface area contributed by atoms with Crippen LogP contribution in [0.1, 0.15) is 24.3 Å². The van der Waals surface area contributed by atoms with Crippen LogP contribution in [0.2, 0.25) is 5.02 Å². The van der Waals surface area contributed by atoms with Gasteiger partial charge in [0, 0.05) is 11.5 Å². The summed E-state index contributed by atoms with van der Waals surface area (Å²) in [5.74, 6) is 0.527. The second-order valence-electron chi connectivity index (χ2n) is 3.90. The molecule has 0 aromatic carbocycles. The van der Waals surface area contributed by atoms with Crippen LogP contribution < -0.4 is 5.73 Å². The number of hydrogen-bond acceptors (Lipinski definition) is 3. The van der Waals surface area contributed by atoms with Gasteiger partial charge in [0.05, 0.1) is 21.0 Å². The quantitative estimate of drug-likeness (QED) is 0.906. The van der Waals surface area contributed by atoms with Crippen LogP contribution in [0.15, 0.2) is 9.85 Å². The van der Waals surface area contributed by atoms with Gasteiger partial charge in [-0.15, -0.1) is 11.3 Å². The highest BCUT2D eigenvalue weighted by molar-refractivity contribution is 9.11. The summed E-state index contributed by atoms with van der Waals surface area (Å²) >= 11 is 11.0. The van der Waals surface area contributed by atoms with Crippen LogP contribution >= 0.6 is 38.9 Å². The van der Waals surface area contributed by atoms with Crippen molar-refractivity contribution in [2.75, 3.05) is 6.61 Å². The molecule has 5 heteroatoms. The van der Waals surface area contributed by atoms with Gasteiger partial charge in [-0.1, -0.05) is 18.5 Å². The van der Waals surface area contributed by atoms with E-state index in [2.05, 4.69) is 22.9 Å². The molecule has 0 spiro atoms. The van der Waals surface area contributed by atoms with E-state index in [9.17, 15) is 0 Å². The van der Waals surface area contributed by atoms with E-state index in [0.29, 0.717) is 5.92 Å². The van der Waals surface area contributed by atoms with Gasteiger partial charge >= 0.3 is 0 Å². The molecule has 0 radical (unpaired) electrons. The van der Waals surface area contributed by atoms with E-state index >= 15 is 0 Å². The van der Waals surface area contributed by atoms with Crippen molar-refractivity contribution in [3.05, 3.63) is 19.8 Å². The van der Waals surface area contributed by atoms with Gasteiger partial charge < -0.3 is 10.5 Å². The Hall–Kier alpha value is 0.390. The molecule has 1 aliphatic rings. The lowest BCUT2D eigenvalue weighted by Crippen LogP contribution is -2.29. The van der Waals surface area contributed by atoms with Gasteiger partial charge in [-0.3, -0.25) is 0 Å². The molecule has 1 aromatic heterocycles. The topological polar surface area (TPSA) is 35.2 Å². The zero-order valence-electron chi connectivity index (χ0n) is 8.37. The number of hydrogen-bond donors (Lipinski definition) is 1. The van der Waals surface area contributed by atoms with Crippen molar-refractivity contribution in [2.45, 2.75) is 25.5 Å².